The van der Waals surface area contributed by atoms with E-state index in [0.717, 1.165) is 11.0 Å². The molecular formula is C20H24N4O4S. The maximum absolute atomic E-state index is 12.5. The fourth-order valence-electron chi connectivity index (χ4n) is 3.04. The number of aryl methyl sites for hydroxylation is 1. The van der Waals surface area contributed by atoms with Crippen molar-refractivity contribution in [3.05, 3.63) is 54.4 Å². The van der Waals surface area contributed by atoms with E-state index in [-0.39, 0.29) is 11.4 Å². The minimum absolute atomic E-state index is 0.0609. The van der Waals surface area contributed by atoms with E-state index in [4.69, 9.17) is 4.74 Å². The molecule has 0 aliphatic heterocycles. The number of methoxy groups -OCH3 is 1. The molecular weight excluding hydrogens is 392 g/mol. The van der Waals surface area contributed by atoms with Crippen LogP contribution < -0.4 is 14.8 Å². The van der Waals surface area contributed by atoms with E-state index in [1.807, 2.05) is 35.8 Å². The van der Waals surface area contributed by atoms with E-state index in [0.29, 0.717) is 18.1 Å². The van der Waals surface area contributed by atoms with Gasteiger partial charge in [0.2, 0.25) is 15.9 Å². The minimum Gasteiger partial charge on any atom is -0.497 e. The average Bonchev–Trinajstić information content (AvgIpc) is 3.09. The van der Waals surface area contributed by atoms with Crippen LogP contribution in [0.5, 0.6) is 5.75 Å². The van der Waals surface area contributed by atoms with Crippen LogP contribution in [0.4, 0.5) is 0 Å². The number of rotatable bonds is 8. The molecule has 1 amide bonds. The first kappa shape index (κ1) is 20.8. The fourth-order valence-corrected chi connectivity index (χ4v) is 4.24. The number of hydrogen-bond acceptors (Lipinski definition) is 5. The summed E-state index contributed by atoms with van der Waals surface area (Å²) in [6, 6.07) is 12.7. The summed E-state index contributed by atoms with van der Waals surface area (Å²) in [6.45, 7) is 4.42. The number of benzene rings is 2. The van der Waals surface area contributed by atoms with Gasteiger partial charge in [-0.05, 0) is 50.2 Å². The van der Waals surface area contributed by atoms with Crippen LogP contribution >= 0.6 is 0 Å². The van der Waals surface area contributed by atoms with E-state index in [1.54, 1.807) is 12.1 Å². The Kier molecular flexibility index (Phi) is 6.19. The number of sulfonamides is 1. The highest BCUT2D eigenvalue weighted by atomic mass is 32.2. The topological polar surface area (TPSA) is 102 Å². The van der Waals surface area contributed by atoms with Crippen molar-refractivity contribution in [3.63, 3.8) is 0 Å². The van der Waals surface area contributed by atoms with Crippen molar-refractivity contribution in [1.29, 1.82) is 0 Å². The third kappa shape index (κ3) is 4.57. The van der Waals surface area contributed by atoms with E-state index in [9.17, 15) is 13.2 Å². The number of carbonyl (C=O) groups is 1. The van der Waals surface area contributed by atoms with Crippen LogP contribution in [0, 0.1) is 0 Å². The van der Waals surface area contributed by atoms with Gasteiger partial charge in [0.15, 0.2) is 0 Å². The van der Waals surface area contributed by atoms with Crippen LogP contribution in [0.2, 0.25) is 0 Å². The van der Waals surface area contributed by atoms with Gasteiger partial charge in [0, 0.05) is 6.54 Å². The molecule has 0 fully saturated rings. The van der Waals surface area contributed by atoms with Crippen molar-refractivity contribution in [2.75, 3.05) is 7.11 Å². The number of nitrogens with one attached hydrogen (secondary N) is 2. The van der Waals surface area contributed by atoms with E-state index in [2.05, 4.69) is 15.0 Å². The zero-order valence-electron chi connectivity index (χ0n) is 16.5. The molecule has 1 heterocycles. The second-order valence-electron chi connectivity index (χ2n) is 6.50. The van der Waals surface area contributed by atoms with Crippen molar-refractivity contribution < 1.29 is 17.9 Å². The summed E-state index contributed by atoms with van der Waals surface area (Å²) >= 11 is 0. The predicted octanol–water partition coefficient (Wildman–Crippen LogP) is 2.05. The van der Waals surface area contributed by atoms with Crippen molar-refractivity contribution >= 4 is 27.0 Å². The first-order valence-corrected chi connectivity index (χ1v) is 10.7. The smallest absolute Gasteiger partial charge is 0.241 e. The Morgan fingerprint density at radius 1 is 1.17 bits per heavy atom. The van der Waals surface area contributed by atoms with Gasteiger partial charge in [-0.3, -0.25) is 4.79 Å². The maximum Gasteiger partial charge on any atom is 0.241 e. The summed E-state index contributed by atoms with van der Waals surface area (Å²) in [5, 5.41) is 2.76. The number of para-hydroxylation sites is 2. The van der Waals surface area contributed by atoms with Gasteiger partial charge in [-0.25, -0.2) is 13.4 Å². The lowest BCUT2D eigenvalue weighted by atomic mass is 10.3. The molecule has 0 radical (unpaired) electrons. The molecule has 2 aromatic carbocycles. The Balaban J connectivity index is 1.66. The highest BCUT2D eigenvalue weighted by Gasteiger charge is 2.22. The largest absolute Gasteiger partial charge is 0.497 e. The lowest BCUT2D eigenvalue weighted by molar-refractivity contribution is -0.122. The summed E-state index contributed by atoms with van der Waals surface area (Å²) in [4.78, 5) is 17.1. The molecule has 0 bridgehead atoms. The number of amides is 1. The Bertz CT molecular complexity index is 1110. The number of ether oxygens (including phenoxy) is 1. The fraction of sp³-hybridized carbons (Fsp3) is 0.300. The van der Waals surface area contributed by atoms with E-state index >= 15 is 0 Å². The second-order valence-corrected chi connectivity index (χ2v) is 8.21. The molecule has 1 aromatic heterocycles. The van der Waals surface area contributed by atoms with Gasteiger partial charge in [0.25, 0.3) is 0 Å². The van der Waals surface area contributed by atoms with Crippen LogP contribution in [0.3, 0.4) is 0 Å². The first-order valence-electron chi connectivity index (χ1n) is 9.24. The van der Waals surface area contributed by atoms with Crippen molar-refractivity contribution in [2.24, 2.45) is 0 Å². The lowest BCUT2D eigenvalue weighted by Crippen LogP contribution is -2.44. The van der Waals surface area contributed by atoms with Crippen molar-refractivity contribution in [1.82, 2.24) is 19.6 Å². The summed E-state index contributed by atoms with van der Waals surface area (Å²) < 4.78 is 34.4. The van der Waals surface area contributed by atoms with Gasteiger partial charge < -0.3 is 14.6 Å². The SMILES string of the molecule is CCn1c(CNC(=O)[C@@H](C)NS(=O)(=O)c2ccc(OC)cc2)nc2ccccc21. The molecule has 0 unspecified atom stereocenters. The van der Waals surface area contributed by atoms with Gasteiger partial charge in [-0.2, -0.15) is 4.72 Å². The number of fused-ring (bicyclic) bond motifs is 1. The van der Waals surface area contributed by atoms with Gasteiger partial charge in [0.05, 0.1) is 35.6 Å². The van der Waals surface area contributed by atoms with Crippen LogP contribution in [-0.2, 0) is 27.9 Å². The predicted molar refractivity (Wildman–Crippen MR) is 110 cm³/mol. The van der Waals surface area contributed by atoms with Gasteiger partial charge in [0.1, 0.15) is 11.6 Å². The Labute approximate surface area is 169 Å². The molecule has 8 nitrogen and oxygen atoms in total. The molecule has 0 spiro atoms. The quantitative estimate of drug-likeness (QED) is 0.585. The van der Waals surface area contributed by atoms with Crippen molar-refractivity contribution in [3.8, 4) is 5.75 Å². The molecule has 29 heavy (non-hydrogen) atoms. The zero-order chi connectivity index (χ0) is 21.0. The van der Waals surface area contributed by atoms with Gasteiger partial charge in [-0.1, -0.05) is 12.1 Å². The lowest BCUT2D eigenvalue weighted by Gasteiger charge is -2.15. The molecule has 0 aliphatic carbocycles. The Hall–Kier alpha value is -2.91. The maximum atomic E-state index is 12.5. The zero-order valence-corrected chi connectivity index (χ0v) is 17.4. The highest BCUT2D eigenvalue weighted by molar-refractivity contribution is 7.89. The third-order valence-electron chi connectivity index (χ3n) is 4.57. The molecule has 0 saturated heterocycles. The molecule has 3 aromatic rings. The Morgan fingerprint density at radius 3 is 2.52 bits per heavy atom. The van der Waals surface area contributed by atoms with E-state index in [1.165, 1.54) is 26.2 Å². The molecule has 154 valence electrons. The summed E-state index contributed by atoms with van der Waals surface area (Å²) in [7, 11) is -2.33. The number of nitrogens with zero attached hydrogens (tertiary/aromatic N) is 2. The van der Waals surface area contributed by atoms with Crippen LogP contribution in [0.15, 0.2) is 53.4 Å². The molecule has 2 N–H and O–H groups in total. The third-order valence-corrected chi connectivity index (χ3v) is 6.12. The molecule has 3 rings (SSSR count). The van der Waals surface area contributed by atoms with Crippen molar-refractivity contribution in [2.45, 2.75) is 37.9 Å². The van der Waals surface area contributed by atoms with Crippen LogP contribution in [0.25, 0.3) is 11.0 Å². The minimum atomic E-state index is -3.83. The number of aromatic nitrogens is 2. The average molecular weight is 417 g/mol. The number of carbonyl (C=O) groups excluding carboxylic acids is 1. The van der Waals surface area contributed by atoms with Gasteiger partial charge >= 0.3 is 0 Å². The monoisotopic (exact) mass is 416 g/mol. The Morgan fingerprint density at radius 2 is 1.86 bits per heavy atom. The molecule has 1 atom stereocenters. The molecule has 0 saturated carbocycles. The number of hydrogen-bond donors (Lipinski definition) is 2. The van der Waals surface area contributed by atoms with E-state index < -0.39 is 22.0 Å². The normalized spacial score (nSPS) is 12.7. The van der Waals surface area contributed by atoms with Crippen LogP contribution in [0.1, 0.15) is 19.7 Å². The first-order chi connectivity index (χ1) is 13.9. The second kappa shape index (κ2) is 8.62. The molecule has 0 aliphatic rings. The highest BCUT2D eigenvalue weighted by Crippen LogP contribution is 2.17. The number of imidazole rings is 1. The standard InChI is InChI=1S/C20H24N4O4S/c1-4-24-18-8-6-5-7-17(18)22-19(24)13-21-20(25)14(2)23-29(26,27)16-11-9-15(28-3)10-12-16/h5-12,14,23H,4,13H2,1-3H3,(H,21,25)/t14-/m1/s1. The van der Waals surface area contributed by atoms with Gasteiger partial charge in [-0.15, -0.1) is 0 Å². The molecule has 9 heteroatoms. The van der Waals surface area contributed by atoms with Crippen LogP contribution in [-0.4, -0.2) is 37.0 Å². The summed E-state index contributed by atoms with van der Waals surface area (Å²) in [6.07, 6.45) is 0. The summed E-state index contributed by atoms with van der Waals surface area (Å²) in [5.41, 5.74) is 1.85. The summed E-state index contributed by atoms with van der Waals surface area (Å²) in [5.74, 6) is 0.831.